The molecule has 0 fully saturated rings. The van der Waals surface area contributed by atoms with E-state index in [4.69, 9.17) is 0 Å². The van der Waals surface area contributed by atoms with Crippen LogP contribution in [-0.2, 0) is 0 Å². The highest BCUT2D eigenvalue weighted by Crippen LogP contribution is 2.27. The molecular formula is C11H12O. The molecule has 0 saturated heterocycles. The first-order valence-electron chi connectivity index (χ1n) is 4.30. The van der Waals surface area contributed by atoms with Crippen molar-refractivity contribution in [2.45, 2.75) is 18.9 Å². The minimum atomic E-state index is -0.222. The third kappa shape index (κ3) is 1.41. The molecule has 1 nitrogen and oxygen atoms in total. The van der Waals surface area contributed by atoms with Gasteiger partial charge in [0.1, 0.15) is 0 Å². The van der Waals surface area contributed by atoms with E-state index in [1.807, 2.05) is 24.3 Å². The first-order valence-corrected chi connectivity index (χ1v) is 4.30. The molecule has 0 heterocycles. The molecule has 0 spiro atoms. The van der Waals surface area contributed by atoms with Crippen molar-refractivity contribution >= 4 is 5.57 Å². The van der Waals surface area contributed by atoms with Gasteiger partial charge in [0.2, 0.25) is 0 Å². The van der Waals surface area contributed by atoms with Gasteiger partial charge in [0, 0.05) is 0 Å². The third-order valence-electron chi connectivity index (χ3n) is 2.25. The van der Waals surface area contributed by atoms with Crippen molar-refractivity contribution in [3.05, 3.63) is 42.0 Å². The molecule has 0 radical (unpaired) electrons. The lowest BCUT2D eigenvalue weighted by Crippen LogP contribution is -1.93. The molecule has 1 heteroatoms. The lowest BCUT2D eigenvalue weighted by atomic mass is 10.1. The number of benzene rings is 1. The highest BCUT2D eigenvalue weighted by molar-refractivity contribution is 5.67. The predicted octanol–water partition coefficient (Wildman–Crippen LogP) is 2.22. The molecule has 62 valence electrons. The summed E-state index contributed by atoms with van der Waals surface area (Å²) < 4.78 is 0. The zero-order valence-electron chi connectivity index (χ0n) is 6.90. The highest BCUT2D eigenvalue weighted by atomic mass is 16.3. The molecular weight excluding hydrogens is 148 g/mol. The van der Waals surface area contributed by atoms with Crippen LogP contribution in [-0.4, -0.2) is 11.2 Å². The molecule has 0 bridgehead atoms. The van der Waals surface area contributed by atoms with E-state index in [0.717, 1.165) is 12.8 Å². The van der Waals surface area contributed by atoms with Gasteiger partial charge in [0.25, 0.3) is 0 Å². The summed E-state index contributed by atoms with van der Waals surface area (Å²) in [4.78, 5) is 0. The second-order valence-electron chi connectivity index (χ2n) is 3.16. The van der Waals surface area contributed by atoms with Crippen LogP contribution in [0, 0.1) is 0 Å². The van der Waals surface area contributed by atoms with E-state index < -0.39 is 0 Å². The van der Waals surface area contributed by atoms with E-state index >= 15 is 0 Å². The molecule has 1 N–H and O–H groups in total. The summed E-state index contributed by atoms with van der Waals surface area (Å²) >= 11 is 0. The van der Waals surface area contributed by atoms with Crippen LogP contribution in [0.3, 0.4) is 0 Å². The number of aliphatic hydroxyl groups is 1. The summed E-state index contributed by atoms with van der Waals surface area (Å²) in [5, 5.41) is 9.28. The Morgan fingerprint density at radius 2 is 1.92 bits per heavy atom. The van der Waals surface area contributed by atoms with E-state index in [2.05, 4.69) is 12.1 Å². The van der Waals surface area contributed by atoms with Gasteiger partial charge in [0.15, 0.2) is 0 Å². The van der Waals surface area contributed by atoms with Gasteiger partial charge in [-0.3, -0.25) is 0 Å². The van der Waals surface area contributed by atoms with Crippen molar-refractivity contribution in [1.29, 1.82) is 0 Å². The first kappa shape index (κ1) is 7.56. The predicted molar refractivity (Wildman–Crippen MR) is 49.7 cm³/mol. The van der Waals surface area contributed by atoms with Gasteiger partial charge in [-0.15, -0.1) is 0 Å². The Morgan fingerprint density at radius 3 is 2.50 bits per heavy atom. The van der Waals surface area contributed by atoms with Crippen LogP contribution >= 0.6 is 0 Å². The van der Waals surface area contributed by atoms with Crippen LogP contribution < -0.4 is 0 Å². The van der Waals surface area contributed by atoms with Gasteiger partial charge in [-0.2, -0.15) is 0 Å². The van der Waals surface area contributed by atoms with Crippen molar-refractivity contribution in [1.82, 2.24) is 0 Å². The SMILES string of the molecule is OC1C=C(c2ccccc2)CC1. The number of aliphatic hydroxyl groups excluding tert-OH is 1. The van der Waals surface area contributed by atoms with Crippen LogP contribution in [0.5, 0.6) is 0 Å². The van der Waals surface area contributed by atoms with E-state index in [0.29, 0.717) is 0 Å². The van der Waals surface area contributed by atoms with Crippen LogP contribution in [0.4, 0.5) is 0 Å². The van der Waals surface area contributed by atoms with Gasteiger partial charge in [-0.25, -0.2) is 0 Å². The molecule has 0 aromatic heterocycles. The Morgan fingerprint density at radius 1 is 1.17 bits per heavy atom. The van der Waals surface area contributed by atoms with Crippen LogP contribution in [0.25, 0.3) is 5.57 Å². The summed E-state index contributed by atoms with van der Waals surface area (Å²) in [7, 11) is 0. The zero-order chi connectivity index (χ0) is 8.39. The average molecular weight is 160 g/mol. The molecule has 1 aromatic rings. The molecule has 1 unspecified atom stereocenters. The van der Waals surface area contributed by atoms with E-state index in [1.54, 1.807) is 0 Å². The third-order valence-corrected chi connectivity index (χ3v) is 2.25. The Hall–Kier alpha value is -1.08. The minimum Gasteiger partial charge on any atom is -0.389 e. The van der Waals surface area contributed by atoms with Gasteiger partial charge >= 0.3 is 0 Å². The molecule has 12 heavy (non-hydrogen) atoms. The summed E-state index contributed by atoms with van der Waals surface area (Å²) in [5.74, 6) is 0. The van der Waals surface area contributed by atoms with Gasteiger partial charge in [-0.1, -0.05) is 36.4 Å². The summed E-state index contributed by atoms with van der Waals surface area (Å²) in [6.45, 7) is 0. The molecule has 2 rings (SSSR count). The fourth-order valence-corrected chi connectivity index (χ4v) is 1.60. The van der Waals surface area contributed by atoms with Crippen LogP contribution in [0.1, 0.15) is 18.4 Å². The minimum absolute atomic E-state index is 0.222. The molecule has 0 saturated carbocycles. The maximum atomic E-state index is 9.28. The van der Waals surface area contributed by atoms with Crippen LogP contribution in [0.2, 0.25) is 0 Å². The van der Waals surface area contributed by atoms with Crippen molar-refractivity contribution in [3.8, 4) is 0 Å². The Bertz CT molecular complexity index is 287. The smallest absolute Gasteiger partial charge is 0.0730 e. The van der Waals surface area contributed by atoms with Gasteiger partial charge in [-0.05, 0) is 24.0 Å². The maximum Gasteiger partial charge on any atom is 0.0730 e. The number of allylic oxidation sites excluding steroid dienone is 1. The number of hydrogen-bond acceptors (Lipinski definition) is 1. The fourth-order valence-electron chi connectivity index (χ4n) is 1.60. The second-order valence-corrected chi connectivity index (χ2v) is 3.16. The lowest BCUT2D eigenvalue weighted by molar-refractivity contribution is 0.223. The Balaban J connectivity index is 2.27. The normalized spacial score (nSPS) is 22.4. The summed E-state index contributed by atoms with van der Waals surface area (Å²) in [5.41, 5.74) is 2.53. The van der Waals surface area contributed by atoms with Crippen molar-refractivity contribution < 1.29 is 5.11 Å². The average Bonchev–Trinajstić information content (AvgIpc) is 2.54. The Labute approximate surface area is 72.4 Å². The second kappa shape index (κ2) is 3.11. The largest absolute Gasteiger partial charge is 0.389 e. The first-order chi connectivity index (χ1) is 5.86. The zero-order valence-corrected chi connectivity index (χ0v) is 6.90. The topological polar surface area (TPSA) is 20.2 Å². The lowest BCUT2D eigenvalue weighted by Gasteiger charge is -1.98. The summed E-state index contributed by atoms with van der Waals surface area (Å²) in [6, 6.07) is 10.2. The molecule has 1 aliphatic rings. The Kier molecular flexibility index (Phi) is 1.96. The number of rotatable bonds is 1. The fraction of sp³-hybridized carbons (Fsp3) is 0.273. The number of hydrogen-bond donors (Lipinski definition) is 1. The quantitative estimate of drug-likeness (QED) is 0.668. The highest BCUT2D eigenvalue weighted by Gasteiger charge is 2.13. The van der Waals surface area contributed by atoms with Crippen LogP contribution in [0.15, 0.2) is 36.4 Å². The molecule has 1 atom stereocenters. The molecule has 1 aromatic carbocycles. The van der Waals surface area contributed by atoms with Gasteiger partial charge in [0.05, 0.1) is 6.10 Å². The molecule has 1 aliphatic carbocycles. The van der Waals surface area contributed by atoms with Gasteiger partial charge < -0.3 is 5.11 Å². The molecule has 0 aliphatic heterocycles. The van der Waals surface area contributed by atoms with Crippen molar-refractivity contribution in [3.63, 3.8) is 0 Å². The standard InChI is InChI=1S/C11H12O/c12-11-7-6-10(8-11)9-4-2-1-3-5-9/h1-5,8,11-12H,6-7H2. The van der Waals surface area contributed by atoms with E-state index in [1.165, 1.54) is 11.1 Å². The summed E-state index contributed by atoms with van der Waals surface area (Å²) in [6.07, 6.45) is 3.62. The van der Waals surface area contributed by atoms with Crippen molar-refractivity contribution in [2.75, 3.05) is 0 Å². The monoisotopic (exact) mass is 160 g/mol. The molecule has 0 amide bonds. The van der Waals surface area contributed by atoms with E-state index in [-0.39, 0.29) is 6.10 Å². The maximum absolute atomic E-state index is 9.28. The van der Waals surface area contributed by atoms with Crippen molar-refractivity contribution in [2.24, 2.45) is 0 Å². The van der Waals surface area contributed by atoms with E-state index in [9.17, 15) is 5.11 Å².